The van der Waals surface area contributed by atoms with E-state index in [4.69, 9.17) is 4.74 Å². The molecule has 2 heterocycles. The van der Waals surface area contributed by atoms with Crippen LogP contribution in [0.5, 0.6) is 5.75 Å². The molecule has 148 valence electrons. The van der Waals surface area contributed by atoms with Gasteiger partial charge in [0.25, 0.3) is 11.8 Å². The Hall–Kier alpha value is -3.12. The van der Waals surface area contributed by atoms with Crippen molar-refractivity contribution in [1.82, 2.24) is 4.90 Å². The van der Waals surface area contributed by atoms with E-state index in [1.165, 1.54) is 10.4 Å². The van der Waals surface area contributed by atoms with Gasteiger partial charge in [0.05, 0.1) is 12.2 Å². The number of hydrogen-bond donors (Lipinski definition) is 1. The molecule has 1 aromatic heterocycles. The second-order valence-electron chi connectivity index (χ2n) is 7.02. The van der Waals surface area contributed by atoms with Crippen molar-refractivity contribution in [2.75, 3.05) is 18.5 Å². The number of fused-ring (bicyclic) bond motifs is 1. The number of nitrogens with one attached hydrogen (secondary N) is 1. The molecule has 0 fully saturated rings. The molecule has 4 rings (SSSR count). The summed E-state index contributed by atoms with van der Waals surface area (Å²) in [5.41, 5.74) is 2.27. The van der Waals surface area contributed by atoms with Crippen molar-refractivity contribution >= 4 is 28.8 Å². The molecule has 2 aromatic carbocycles. The van der Waals surface area contributed by atoms with Gasteiger partial charge >= 0.3 is 0 Å². The minimum atomic E-state index is -0.211. The highest BCUT2D eigenvalue weighted by Gasteiger charge is 2.21. The lowest BCUT2D eigenvalue weighted by Gasteiger charge is -2.24. The fraction of sp³-hybridized carbons (Fsp3) is 0.217. The van der Waals surface area contributed by atoms with Gasteiger partial charge in [0.2, 0.25) is 0 Å². The van der Waals surface area contributed by atoms with Crippen LogP contribution >= 0.6 is 11.3 Å². The van der Waals surface area contributed by atoms with E-state index in [2.05, 4.69) is 36.5 Å². The van der Waals surface area contributed by atoms with E-state index in [1.807, 2.05) is 23.1 Å². The van der Waals surface area contributed by atoms with Crippen molar-refractivity contribution in [3.8, 4) is 5.75 Å². The van der Waals surface area contributed by atoms with Crippen LogP contribution in [0.3, 0.4) is 0 Å². The van der Waals surface area contributed by atoms with E-state index < -0.39 is 0 Å². The number of aryl methyl sites for hydroxylation is 1. The summed E-state index contributed by atoms with van der Waals surface area (Å²) in [6.45, 7) is 3.24. The molecule has 0 unspecified atom stereocenters. The van der Waals surface area contributed by atoms with Crippen LogP contribution in [0.2, 0.25) is 0 Å². The Morgan fingerprint density at radius 1 is 1.14 bits per heavy atom. The van der Waals surface area contributed by atoms with Gasteiger partial charge in [-0.05, 0) is 49.2 Å². The van der Waals surface area contributed by atoms with Crippen molar-refractivity contribution in [3.05, 3.63) is 81.5 Å². The van der Waals surface area contributed by atoms with Crippen molar-refractivity contribution in [2.45, 2.75) is 19.9 Å². The lowest BCUT2D eigenvalue weighted by atomic mass is 10.1. The maximum Gasteiger partial charge on any atom is 0.262 e. The third-order valence-electron chi connectivity index (χ3n) is 4.80. The average Bonchev–Trinajstić information content (AvgIpc) is 3.15. The molecule has 2 amide bonds. The number of carbonyl (C=O) groups excluding carboxylic acids is 2. The van der Waals surface area contributed by atoms with Crippen LogP contribution in [0.4, 0.5) is 5.69 Å². The Labute approximate surface area is 173 Å². The summed E-state index contributed by atoms with van der Waals surface area (Å²) in [6, 6.07) is 19.5. The fourth-order valence-corrected chi connectivity index (χ4v) is 4.22. The van der Waals surface area contributed by atoms with Crippen molar-refractivity contribution in [2.24, 2.45) is 0 Å². The Kier molecular flexibility index (Phi) is 5.62. The predicted molar refractivity (Wildman–Crippen MR) is 115 cm³/mol. The summed E-state index contributed by atoms with van der Waals surface area (Å²) in [5.74, 6) is 0.317. The van der Waals surface area contributed by atoms with Gasteiger partial charge in [-0.15, -0.1) is 11.3 Å². The maximum atomic E-state index is 13.3. The van der Waals surface area contributed by atoms with Crippen LogP contribution in [-0.4, -0.2) is 29.9 Å². The molecule has 1 N–H and O–H groups in total. The summed E-state index contributed by atoms with van der Waals surface area (Å²) in [7, 11) is 0. The molecule has 6 heteroatoms. The molecule has 0 aliphatic carbocycles. The molecule has 29 heavy (non-hydrogen) atoms. The minimum Gasteiger partial charge on any atom is -0.482 e. The van der Waals surface area contributed by atoms with Gasteiger partial charge in [-0.2, -0.15) is 0 Å². The number of anilines is 1. The second kappa shape index (κ2) is 8.49. The number of hydrogen-bond acceptors (Lipinski definition) is 4. The van der Waals surface area contributed by atoms with Crippen LogP contribution < -0.4 is 10.1 Å². The molecule has 1 aliphatic heterocycles. The molecular formula is C23H22N2O3S. The van der Waals surface area contributed by atoms with Gasteiger partial charge in [-0.3, -0.25) is 9.59 Å². The van der Waals surface area contributed by atoms with Gasteiger partial charge in [-0.25, -0.2) is 0 Å². The number of rotatable bonds is 6. The van der Waals surface area contributed by atoms with E-state index in [9.17, 15) is 9.59 Å². The van der Waals surface area contributed by atoms with Gasteiger partial charge < -0.3 is 15.0 Å². The van der Waals surface area contributed by atoms with Gasteiger partial charge in [0.15, 0.2) is 6.61 Å². The Morgan fingerprint density at radius 3 is 2.72 bits per heavy atom. The molecule has 5 nitrogen and oxygen atoms in total. The average molecular weight is 407 g/mol. The molecule has 0 bridgehead atoms. The smallest absolute Gasteiger partial charge is 0.262 e. The van der Waals surface area contributed by atoms with E-state index in [-0.39, 0.29) is 18.4 Å². The summed E-state index contributed by atoms with van der Waals surface area (Å²) in [6.07, 6.45) is 0.779. The Bertz CT molecular complexity index is 1030. The highest BCUT2D eigenvalue weighted by atomic mass is 32.1. The summed E-state index contributed by atoms with van der Waals surface area (Å²) in [4.78, 5) is 29.2. The first kappa shape index (κ1) is 19.2. The number of nitrogens with zero attached hydrogens (tertiary/aromatic N) is 1. The molecule has 1 aliphatic rings. The zero-order valence-corrected chi connectivity index (χ0v) is 17.0. The highest BCUT2D eigenvalue weighted by Crippen LogP contribution is 2.29. The van der Waals surface area contributed by atoms with E-state index in [0.29, 0.717) is 30.1 Å². The molecule has 0 saturated heterocycles. The summed E-state index contributed by atoms with van der Waals surface area (Å²) < 4.78 is 5.40. The molecule has 0 radical (unpaired) electrons. The van der Waals surface area contributed by atoms with Crippen molar-refractivity contribution < 1.29 is 14.3 Å². The maximum absolute atomic E-state index is 13.3. The monoisotopic (exact) mass is 406 g/mol. The number of thiophene rings is 1. The van der Waals surface area contributed by atoms with Crippen molar-refractivity contribution in [1.29, 1.82) is 0 Å². The quantitative estimate of drug-likeness (QED) is 0.665. The van der Waals surface area contributed by atoms with E-state index in [0.717, 1.165) is 11.3 Å². The topological polar surface area (TPSA) is 58.6 Å². The van der Waals surface area contributed by atoms with Crippen LogP contribution in [0.1, 0.15) is 25.7 Å². The third kappa shape index (κ3) is 4.66. The van der Waals surface area contributed by atoms with Gasteiger partial charge in [-0.1, -0.05) is 30.3 Å². The van der Waals surface area contributed by atoms with Crippen LogP contribution in [0.25, 0.3) is 0 Å². The first-order valence-corrected chi connectivity index (χ1v) is 10.4. The van der Waals surface area contributed by atoms with E-state index in [1.54, 1.807) is 29.5 Å². The third-order valence-corrected chi connectivity index (χ3v) is 5.79. The Balaban J connectivity index is 1.56. The van der Waals surface area contributed by atoms with Gasteiger partial charge in [0.1, 0.15) is 5.75 Å². The van der Waals surface area contributed by atoms with Crippen LogP contribution in [0, 0.1) is 6.92 Å². The molecule has 0 atom stereocenters. The molecular weight excluding hydrogens is 384 g/mol. The van der Waals surface area contributed by atoms with E-state index >= 15 is 0 Å². The second-order valence-corrected chi connectivity index (χ2v) is 8.39. The van der Waals surface area contributed by atoms with Gasteiger partial charge in [0, 0.05) is 21.9 Å². The normalized spacial score (nSPS) is 12.7. The number of benzene rings is 2. The highest BCUT2D eigenvalue weighted by molar-refractivity contribution is 7.11. The summed E-state index contributed by atoms with van der Waals surface area (Å²) in [5, 5.41) is 2.77. The zero-order chi connectivity index (χ0) is 20.2. The minimum absolute atomic E-state index is 0.00121. The lowest BCUT2D eigenvalue weighted by molar-refractivity contribution is -0.118. The largest absolute Gasteiger partial charge is 0.482 e. The number of amides is 2. The SMILES string of the molecule is Cc1ccc(CN(CCc2ccccc2)C(=O)c2ccc3c(c2)NC(=O)CO3)s1. The van der Waals surface area contributed by atoms with Crippen molar-refractivity contribution in [3.63, 3.8) is 0 Å². The standard InChI is InChI=1S/C23H22N2O3S/c1-16-7-9-19(29-16)14-25(12-11-17-5-3-2-4-6-17)23(27)18-8-10-21-20(13-18)24-22(26)15-28-21/h2-10,13H,11-12,14-15H2,1H3,(H,24,26). The Morgan fingerprint density at radius 2 is 1.97 bits per heavy atom. The predicted octanol–water partition coefficient (Wildman–Crippen LogP) is 4.27. The molecule has 3 aromatic rings. The zero-order valence-electron chi connectivity index (χ0n) is 16.2. The number of ether oxygens (including phenoxy) is 1. The molecule has 0 saturated carbocycles. The first-order chi connectivity index (χ1) is 14.1. The van der Waals surface area contributed by atoms with Crippen LogP contribution in [0.15, 0.2) is 60.7 Å². The lowest BCUT2D eigenvalue weighted by Crippen LogP contribution is -2.32. The van der Waals surface area contributed by atoms with Crippen LogP contribution in [-0.2, 0) is 17.8 Å². The fourth-order valence-electron chi connectivity index (χ4n) is 3.32. The molecule has 0 spiro atoms. The summed E-state index contributed by atoms with van der Waals surface area (Å²) >= 11 is 1.70. The first-order valence-electron chi connectivity index (χ1n) is 9.54. The number of carbonyl (C=O) groups is 2.